The summed E-state index contributed by atoms with van der Waals surface area (Å²) in [6.45, 7) is 14.7. The molecule has 0 N–H and O–H groups in total. The van der Waals surface area contributed by atoms with E-state index in [1.807, 2.05) is 0 Å². The fourth-order valence-electron chi connectivity index (χ4n) is 6.30. The Labute approximate surface area is 135 Å². The van der Waals surface area contributed by atoms with Crippen LogP contribution >= 0.6 is 0 Å². The number of nitrogens with zero attached hydrogens (tertiary/aromatic N) is 2. The highest BCUT2D eigenvalue weighted by atomic mass is 15.2. The Bertz CT molecular complexity index is 580. The number of hydrogen-bond acceptors (Lipinski definition) is 2. The van der Waals surface area contributed by atoms with E-state index >= 15 is 0 Å². The molecule has 2 heteroatoms. The van der Waals surface area contributed by atoms with E-state index in [1.54, 1.807) is 0 Å². The molecule has 122 valence electrons. The molecule has 4 aliphatic carbocycles. The molecular weight excluding hydrogens is 268 g/mol. The Morgan fingerprint density at radius 2 is 1.59 bits per heavy atom. The van der Waals surface area contributed by atoms with Gasteiger partial charge >= 0.3 is 0 Å². The van der Waals surface area contributed by atoms with E-state index in [0.717, 1.165) is 5.92 Å². The Morgan fingerprint density at radius 3 is 2.05 bits per heavy atom. The van der Waals surface area contributed by atoms with E-state index in [4.69, 9.17) is 10.2 Å². The Morgan fingerprint density at radius 1 is 0.864 bits per heavy atom. The van der Waals surface area contributed by atoms with Crippen LogP contribution in [0.2, 0.25) is 0 Å². The predicted octanol–water partition coefficient (Wildman–Crippen LogP) is 5.48. The van der Waals surface area contributed by atoms with Crippen LogP contribution in [0.25, 0.3) is 0 Å². The zero-order chi connectivity index (χ0) is 16.0. The minimum Gasteiger partial charge on any atom is -0.160 e. The van der Waals surface area contributed by atoms with Crippen molar-refractivity contribution >= 4 is 11.4 Å². The molecule has 0 heterocycles. The van der Waals surface area contributed by atoms with Crippen molar-refractivity contribution in [2.45, 2.75) is 80.1 Å². The molecule has 0 amide bonds. The molecule has 0 aromatic carbocycles. The van der Waals surface area contributed by atoms with Crippen LogP contribution in [0.3, 0.4) is 0 Å². The summed E-state index contributed by atoms with van der Waals surface area (Å²) in [4.78, 5) is 0. The molecule has 0 aromatic heterocycles. The third-order valence-corrected chi connectivity index (χ3v) is 9.20. The van der Waals surface area contributed by atoms with Gasteiger partial charge in [0.25, 0.3) is 0 Å². The molecule has 0 aromatic rings. The fraction of sp³-hybridized carbons (Fsp3) is 0.900. The van der Waals surface area contributed by atoms with E-state index in [9.17, 15) is 0 Å². The first kappa shape index (κ1) is 14.9. The molecule has 0 aliphatic heterocycles. The molecule has 2 nitrogen and oxygen atoms in total. The lowest BCUT2D eigenvalue weighted by atomic mass is 9.70. The van der Waals surface area contributed by atoms with Gasteiger partial charge in [0.05, 0.1) is 0 Å². The van der Waals surface area contributed by atoms with E-state index in [-0.39, 0.29) is 0 Å². The number of hydrogen-bond donors (Lipinski definition) is 0. The molecule has 0 spiro atoms. The van der Waals surface area contributed by atoms with Gasteiger partial charge in [-0.2, -0.15) is 10.2 Å². The second-order valence-electron chi connectivity index (χ2n) is 10.2. The van der Waals surface area contributed by atoms with Crippen molar-refractivity contribution < 1.29 is 0 Å². The van der Waals surface area contributed by atoms with Crippen molar-refractivity contribution in [3.8, 4) is 0 Å². The standard InChI is InChI=1S/C20H32N2/c1-17(2)13-7-10-20(17,6)16(11-13)22-21-15-12-19(5)9-8-14(15)18(19,3)4/h13-14H,7-12H2,1-6H3/b21-15-,22-16-. The number of fused-ring (bicyclic) bond motifs is 4. The van der Waals surface area contributed by atoms with E-state index < -0.39 is 0 Å². The zero-order valence-corrected chi connectivity index (χ0v) is 15.3. The Balaban J connectivity index is 1.64. The second-order valence-corrected chi connectivity index (χ2v) is 10.2. The van der Waals surface area contributed by atoms with Gasteiger partial charge in [0.15, 0.2) is 0 Å². The van der Waals surface area contributed by atoms with Crippen molar-refractivity contribution in [1.82, 2.24) is 0 Å². The first-order chi connectivity index (χ1) is 10.1. The highest BCUT2D eigenvalue weighted by Crippen LogP contribution is 2.65. The summed E-state index contributed by atoms with van der Waals surface area (Å²) >= 11 is 0. The second kappa shape index (κ2) is 4.05. The van der Waals surface area contributed by atoms with Gasteiger partial charge in [0.1, 0.15) is 0 Å². The topological polar surface area (TPSA) is 24.7 Å². The lowest BCUT2D eigenvalue weighted by Crippen LogP contribution is -2.32. The van der Waals surface area contributed by atoms with Gasteiger partial charge in [-0.3, -0.25) is 0 Å². The lowest BCUT2D eigenvalue weighted by Gasteiger charge is -2.34. The smallest absolute Gasteiger partial charge is 0.0473 e. The molecule has 4 bridgehead atoms. The average Bonchev–Trinajstić information content (AvgIpc) is 2.94. The highest BCUT2D eigenvalue weighted by molar-refractivity contribution is 5.96. The van der Waals surface area contributed by atoms with Crippen molar-refractivity contribution in [3.63, 3.8) is 0 Å². The largest absolute Gasteiger partial charge is 0.160 e. The van der Waals surface area contributed by atoms with Crippen LogP contribution < -0.4 is 0 Å². The first-order valence-electron chi connectivity index (χ1n) is 9.26. The predicted molar refractivity (Wildman–Crippen MR) is 93.3 cm³/mol. The summed E-state index contributed by atoms with van der Waals surface area (Å²) in [5.74, 6) is 1.49. The number of rotatable bonds is 1. The molecule has 4 aliphatic rings. The minimum atomic E-state index is 0.290. The maximum absolute atomic E-state index is 4.88. The van der Waals surface area contributed by atoms with Gasteiger partial charge in [0.2, 0.25) is 0 Å². The third-order valence-electron chi connectivity index (χ3n) is 9.20. The maximum atomic E-state index is 4.88. The van der Waals surface area contributed by atoms with Crippen LogP contribution in [0.1, 0.15) is 80.1 Å². The SMILES string of the molecule is CC12CCC(/C(=N\N=C3\CC4CCC3(C)C4(C)C)C1)C2(C)C. The van der Waals surface area contributed by atoms with Crippen molar-refractivity contribution in [3.05, 3.63) is 0 Å². The first-order valence-corrected chi connectivity index (χ1v) is 9.26. The summed E-state index contributed by atoms with van der Waals surface area (Å²) in [5, 5.41) is 9.74. The molecule has 4 atom stereocenters. The van der Waals surface area contributed by atoms with E-state index in [2.05, 4.69) is 41.5 Å². The molecule has 4 fully saturated rings. The molecule has 4 rings (SSSR count). The van der Waals surface area contributed by atoms with Crippen LogP contribution in [0.15, 0.2) is 10.2 Å². The van der Waals surface area contributed by atoms with Crippen molar-refractivity contribution in [2.24, 2.45) is 43.7 Å². The van der Waals surface area contributed by atoms with Crippen LogP contribution in [0.5, 0.6) is 0 Å². The zero-order valence-electron chi connectivity index (χ0n) is 15.3. The van der Waals surface area contributed by atoms with E-state index in [1.165, 1.54) is 49.9 Å². The van der Waals surface area contributed by atoms with Crippen LogP contribution in [0, 0.1) is 33.5 Å². The quantitative estimate of drug-likeness (QED) is 0.573. The van der Waals surface area contributed by atoms with Gasteiger partial charge in [0, 0.05) is 22.8 Å². The minimum absolute atomic E-state index is 0.290. The van der Waals surface area contributed by atoms with Gasteiger partial charge in [-0.25, -0.2) is 0 Å². The van der Waals surface area contributed by atoms with Crippen LogP contribution in [-0.2, 0) is 0 Å². The summed E-state index contributed by atoms with van der Waals surface area (Å²) < 4.78 is 0. The van der Waals surface area contributed by atoms with E-state index in [0.29, 0.717) is 27.6 Å². The van der Waals surface area contributed by atoms with Gasteiger partial charge in [-0.1, -0.05) is 41.5 Å². The summed E-state index contributed by atoms with van der Waals surface area (Å²) in [6, 6.07) is 0. The summed E-state index contributed by atoms with van der Waals surface area (Å²) in [6.07, 6.45) is 7.73. The lowest BCUT2D eigenvalue weighted by molar-refractivity contribution is 0.152. The molecule has 22 heavy (non-hydrogen) atoms. The van der Waals surface area contributed by atoms with Crippen molar-refractivity contribution in [2.75, 3.05) is 0 Å². The molecule has 0 radical (unpaired) electrons. The normalized spacial score (nSPS) is 51.4. The Hall–Kier alpha value is -0.660. The Kier molecular flexibility index (Phi) is 2.74. The summed E-state index contributed by atoms with van der Waals surface area (Å²) in [5.41, 5.74) is 4.35. The summed E-state index contributed by atoms with van der Waals surface area (Å²) in [7, 11) is 0. The highest BCUT2D eigenvalue weighted by Gasteiger charge is 2.61. The molecular formula is C20H32N2. The maximum Gasteiger partial charge on any atom is 0.0473 e. The van der Waals surface area contributed by atoms with Crippen molar-refractivity contribution in [1.29, 1.82) is 0 Å². The van der Waals surface area contributed by atoms with Gasteiger partial charge < -0.3 is 0 Å². The average molecular weight is 300 g/mol. The van der Waals surface area contributed by atoms with Crippen LogP contribution in [-0.4, -0.2) is 11.4 Å². The third kappa shape index (κ3) is 1.52. The van der Waals surface area contributed by atoms with Crippen LogP contribution in [0.4, 0.5) is 0 Å². The van der Waals surface area contributed by atoms with Gasteiger partial charge in [-0.15, -0.1) is 0 Å². The fourth-order valence-corrected chi connectivity index (χ4v) is 6.30. The monoisotopic (exact) mass is 300 g/mol. The molecule has 4 unspecified atom stereocenters. The molecule has 4 saturated carbocycles. The van der Waals surface area contributed by atoms with Gasteiger partial charge in [-0.05, 0) is 60.7 Å². The molecule has 0 saturated heterocycles.